The number of phenols is 1. The van der Waals surface area contributed by atoms with Crippen molar-refractivity contribution < 1.29 is 9.52 Å². The molecule has 0 spiro atoms. The highest BCUT2D eigenvalue weighted by Crippen LogP contribution is 2.40. The number of nitrogens with zero attached hydrogens (tertiary/aromatic N) is 2. The first-order valence-corrected chi connectivity index (χ1v) is 8.46. The summed E-state index contributed by atoms with van der Waals surface area (Å²) in [5, 5.41) is 15.2. The van der Waals surface area contributed by atoms with E-state index in [1.54, 1.807) is 24.3 Å². The second-order valence-electron chi connectivity index (χ2n) is 6.45. The number of hydrogen-bond acceptors (Lipinski definition) is 4. The van der Waals surface area contributed by atoms with Crippen LogP contribution in [0.15, 0.2) is 69.9 Å². The normalized spacial score (nSPS) is 11.3. The third-order valence-corrected chi connectivity index (χ3v) is 4.28. The number of phenolic OH excluding ortho intramolecular Hbond substituents is 1. The minimum atomic E-state index is -0.152. The van der Waals surface area contributed by atoms with Crippen molar-refractivity contribution in [3.8, 4) is 28.3 Å². The van der Waals surface area contributed by atoms with Crippen molar-refractivity contribution >= 4 is 11.0 Å². The van der Waals surface area contributed by atoms with Crippen molar-refractivity contribution in [2.75, 3.05) is 0 Å². The topological polar surface area (TPSA) is 68.3 Å². The summed E-state index contributed by atoms with van der Waals surface area (Å²) in [5.74, 6) is 0.809. The van der Waals surface area contributed by atoms with E-state index in [0.717, 1.165) is 16.5 Å². The van der Waals surface area contributed by atoms with Gasteiger partial charge in [-0.3, -0.25) is 4.79 Å². The number of fused-ring (bicyclic) bond motifs is 1. The average molecular weight is 346 g/mol. The van der Waals surface area contributed by atoms with Crippen LogP contribution >= 0.6 is 0 Å². The Morgan fingerprint density at radius 3 is 2.54 bits per heavy atom. The summed E-state index contributed by atoms with van der Waals surface area (Å²) in [6.07, 6.45) is 0. The third-order valence-electron chi connectivity index (χ3n) is 4.28. The minimum absolute atomic E-state index is 0.0609. The van der Waals surface area contributed by atoms with Gasteiger partial charge in [0.15, 0.2) is 0 Å². The summed E-state index contributed by atoms with van der Waals surface area (Å²) in [6.45, 7) is 3.82. The average Bonchev–Trinajstić information content (AvgIpc) is 3.01. The van der Waals surface area contributed by atoms with Crippen LogP contribution in [0.3, 0.4) is 0 Å². The lowest BCUT2D eigenvalue weighted by atomic mass is 10.0. The van der Waals surface area contributed by atoms with Crippen LogP contribution in [0.2, 0.25) is 0 Å². The van der Waals surface area contributed by atoms with Crippen LogP contribution in [0.25, 0.3) is 33.6 Å². The van der Waals surface area contributed by atoms with Crippen LogP contribution < -0.4 is 5.56 Å². The van der Waals surface area contributed by atoms with Gasteiger partial charge >= 0.3 is 0 Å². The van der Waals surface area contributed by atoms with Crippen molar-refractivity contribution in [1.29, 1.82) is 0 Å². The Labute approximate surface area is 150 Å². The number of aromatic hydroxyl groups is 1. The fourth-order valence-corrected chi connectivity index (χ4v) is 3.06. The fraction of sp³-hybridized carbons (Fsp3) is 0.143. The van der Waals surface area contributed by atoms with Crippen LogP contribution in [0.4, 0.5) is 0 Å². The molecule has 4 rings (SSSR count). The van der Waals surface area contributed by atoms with Gasteiger partial charge in [0.05, 0.1) is 17.3 Å². The van der Waals surface area contributed by atoms with E-state index < -0.39 is 0 Å². The molecule has 0 amide bonds. The van der Waals surface area contributed by atoms with Gasteiger partial charge in [-0.2, -0.15) is 5.10 Å². The molecule has 0 saturated carbocycles. The second-order valence-corrected chi connectivity index (χ2v) is 6.45. The van der Waals surface area contributed by atoms with Crippen LogP contribution in [0, 0.1) is 0 Å². The monoisotopic (exact) mass is 346 g/mol. The van der Waals surface area contributed by atoms with Crippen molar-refractivity contribution in [2.24, 2.45) is 0 Å². The van der Waals surface area contributed by atoms with E-state index in [0.29, 0.717) is 17.0 Å². The first-order chi connectivity index (χ1) is 12.5. The zero-order chi connectivity index (χ0) is 18.3. The molecule has 2 aromatic heterocycles. The molecule has 0 unspecified atom stereocenters. The van der Waals surface area contributed by atoms with Crippen LogP contribution in [0.5, 0.6) is 5.75 Å². The predicted octanol–water partition coefficient (Wildman–Crippen LogP) is 4.61. The lowest BCUT2D eigenvalue weighted by Crippen LogP contribution is -2.23. The second kappa shape index (κ2) is 6.19. The first kappa shape index (κ1) is 16.1. The first-order valence-electron chi connectivity index (χ1n) is 8.46. The summed E-state index contributed by atoms with van der Waals surface area (Å²) in [5.41, 5.74) is 2.79. The van der Waals surface area contributed by atoms with E-state index in [-0.39, 0.29) is 17.4 Å². The highest BCUT2D eigenvalue weighted by Gasteiger charge is 2.20. The van der Waals surface area contributed by atoms with Crippen molar-refractivity contribution in [3.63, 3.8) is 0 Å². The minimum Gasteiger partial charge on any atom is -0.508 e. The smallest absolute Gasteiger partial charge is 0.267 e. The summed E-state index contributed by atoms with van der Waals surface area (Å²) in [4.78, 5) is 12.1. The third kappa shape index (κ3) is 2.67. The van der Waals surface area contributed by atoms with Crippen molar-refractivity contribution in [1.82, 2.24) is 9.78 Å². The number of rotatable bonds is 3. The maximum Gasteiger partial charge on any atom is 0.267 e. The Hall–Kier alpha value is -3.34. The quantitative estimate of drug-likeness (QED) is 0.588. The van der Waals surface area contributed by atoms with Crippen LogP contribution in [0.1, 0.15) is 19.9 Å². The summed E-state index contributed by atoms with van der Waals surface area (Å²) in [6, 6.07) is 17.9. The van der Waals surface area contributed by atoms with E-state index in [9.17, 15) is 9.90 Å². The molecule has 0 radical (unpaired) electrons. The lowest BCUT2D eigenvalue weighted by molar-refractivity contribution is 0.476. The zero-order valence-electron chi connectivity index (χ0n) is 14.5. The van der Waals surface area contributed by atoms with Gasteiger partial charge in [-0.15, -0.1) is 0 Å². The van der Waals surface area contributed by atoms with Gasteiger partial charge in [0.25, 0.3) is 5.56 Å². The van der Waals surface area contributed by atoms with E-state index in [2.05, 4.69) is 5.10 Å². The summed E-state index contributed by atoms with van der Waals surface area (Å²) < 4.78 is 7.54. The largest absolute Gasteiger partial charge is 0.508 e. The molecule has 130 valence electrons. The van der Waals surface area contributed by atoms with E-state index in [4.69, 9.17) is 4.42 Å². The van der Waals surface area contributed by atoms with Gasteiger partial charge in [-0.25, -0.2) is 4.68 Å². The molecule has 0 atom stereocenters. The standard InChI is InChI=1S/C21H18N2O3/c1-13(2)23-19(25)11-9-17(22-23)20-16-12-15(24)8-10-18(16)26-21(20)14-6-4-3-5-7-14/h3-13,24H,1-2H3. The Morgan fingerprint density at radius 1 is 1.04 bits per heavy atom. The number of benzene rings is 2. The lowest BCUT2D eigenvalue weighted by Gasteiger charge is -2.10. The molecular formula is C21H18N2O3. The van der Waals surface area contributed by atoms with Crippen LogP contribution in [-0.4, -0.2) is 14.9 Å². The highest BCUT2D eigenvalue weighted by molar-refractivity contribution is 6.01. The predicted molar refractivity (Wildman–Crippen MR) is 101 cm³/mol. The maximum absolute atomic E-state index is 12.1. The Balaban J connectivity index is 2.06. The molecule has 26 heavy (non-hydrogen) atoms. The molecule has 5 nitrogen and oxygen atoms in total. The fourth-order valence-electron chi connectivity index (χ4n) is 3.06. The molecule has 0 aliphatic heterocycles. The number of hydrogen-bond donors (Lipinski definition) is 1. The Kier molecular flexibility index (Phi) is 3.84. The molecule has 0 bridgehead atoms. The SMILES string of the molecule is CC(C)n1nc(-c2c(-c3ccccc3)oc3ccc(O)cc23)ccc1=O. The summed E-state index contributed by atoms with van der Waals surface area (Å²) in [7, 11) is 0. The van der Waals surface area contributed by atoms with Gasteiger partial charge in [-0.1, -0.05) is 30.3 Å². The zero-order valence-corrected chi connectivity index (χ0v) is 14.5. The van der Waals surface area contributed by atoms with Crippen molar-refractivity contribution in [3.05, 3.63) is 71.0 Å². The van der Waals surface area contributed by atoms with E-state index in [1.165, 1.54) is 10.7 Å². The van der Waals surface area contributed by atoms with Gasteiger partial charge in [0.2, 0.25) is 0 Å². The number of furan rings is 1. The molecule has 2 aromatic carbocycles. The Morgan fingerprint density at radius 2 is 1.81 bits per heavy atom. The van der Waals surface area contributed by atoms with E-state index in [1.807, 2.05) is 44.2 Å². The maximum atomic E-state index is 12.1. The molecule has 1 N–H and O–H groups in total. The van der Waals surface area contributed by atoms with E-state index >= 15 is 0 Å². The van der Waals surface area contributed by atoms with Crippen molar-refractivity contribution in [2.45, 2.75) is 19.9 Å². The van der Waals surface area contributed by atoms with Crippen LogP contribution in [-0.2, 0) is 0 Å². The van der Waals surface area contributed by atoms with Gasteiger partial charge in [0, 0.05) is 17.0 Å². The number of aromatic nitrogens is 2. The molecule has 0 aliphatic rings. The van der Waals surface area contributed by atoms with Gasteiger partial charge < -0.3 is 9.52 Å². The molecule has 4 aromatic rings. The van der Waals surface area contributed by atoms with Gasteiger partial charge in [0.1, 0.15) is 17.1 Å². The molecular weight excluding hydrogens is 328 g/mol. The van der Waals surface area contributed by atoms with Gasteiger partial charge in [-0.05, 0) is 38.1 Å². The molecule has 2 heterocycles. The molecule has 0 fully saturated rings. The Bertz CT molecular complexity index is 1140. The molecule has 0 saturated heterocycles. The molecule has 5 heteroatoms. The molecule has 0 aliphatic carbocycles. The highest BCUT2D eigenvalue weighted by atomic mass is 16.3. The summed E-state index contributed by atoms with van der Waals surface area (Å²) >= 11 is 0.